The molecule has 1 nitrogen and oxygen atoms in total. The maximum atomic E-state index is 11.3. The second-order valence-corrected chi connectivity index (χ2v) is 7.93. The van der Waals surface area contributed by atoms with Gasteiger partial charge in [-0.2, -0.15) is 0 Å². The maximum absolute atomic E-state index is 11.3. The minimum atomic E-state index is 0.372. The summed E-state index contributed by atoms with van der Waals surface area (Å²) in [4.78, 5) is 11.3. The predicted molar refractivity (Wildman–Crippen MR) is 109 cm³/mol. The maximum Gasteiger partial charge on any atom is 0.129 e. The Morgan fingerprint density at radius 3 is 1.38 bits per heavy atom. The molecule has 0 radical (unpaired) electrons. The predicted octanol–water partition coefficient (Wildman–Crippen LogP) is 8.25. The van der Waals surface area contributed by atoms with Crippen molar-refractivity contribution in [3.05, 3.63) is 0 Å². The first-order valence-electron chi connectivity index (χ1n) is 11.2. The van der Waals surface area contributed by atoms with E-state index in [1.54, 1.807) is 6.92 Å². The highest BCUT2D eigenvalue weighted by atomic mass is 16.1. The molecule has 0 saturated heterocycles. The molecule has 0 aliphatic rings. The molecule has 0 saturated carbocycles. The Labute approximate surface area is 153 Å². The van der Waals surface area contributed by atoms with E-state index in [1.807, 2.05) is 0 Å². The molecule has 0 heterocycles. The Morgan fingerprint density at radius 2 is 0.958 bits per heavy atom. The van der Waals surface area contributed by atoms with Crippen LogP contribution in [0, 0.1) is 5.92 Å². The zero-order valence-electron chi connectivity index (χ0n) is 17.2. The van der Waals surface area contributed by atoms with Crippen LogP contribution in [0.4, 0.5) is 0 Å². The van der Waals surface area contributed by atoms with Gasteiger partial charge in [-0.25, -0.2) is 0 Å². The van der Waals surface area contributed by atoms with Crippen molar-refractivity contribution < 1.29 is 4.79 Å². The van der Waals surface area contributed by atoms with Crippen molar-refractivity contribution in [2.24, 2.45) is 5.92 Å². The van der Waals surface area contributed by atoms with Gasteiger partial charge < -0.3 is 4.79 Å². The number of unbranched alkanes of at least 4 members (excludes halogenated alkanes) is 12. The largest absolute Gasteiger partial charge is 0.300 e. The summed E-state index contributed by atoms with van der Waals surface area (Å²) >= 11 is 0. The molecule has 0 N–H and O–H groups in total. The molecule has 0 aliphatic carbocycles. The van der Waals surface area contributed by atoms with E-state index < -0.39 is 0 Å². The van der Waals surface area contributed by atoms with Crippen LogP contribution in [0.5, 0.6) is 0 Å². The number of rotatable bonds is 19. The number of ketones is 1. The van der Waals surface area contributed by atoms with Crippen LogP contribution in [0.2, 0.25) is 0 Å². The number of carbonyl (C=O) groups excluding carboxylic acids is 1. The Morgan fingerprint density at radius 1 is 0.583 bits per heavy atom. The Bertz CT molecular complexity index is 259. The van der Waals surface area contributed by atoms with E-state index in [9.17, 15) is 4.79 Å². The zero-order valence-corrected chi connectivity index (χ0v) is 17.2. The van der Waals surface area contributed by atoms with Gasteiger partial charge in [0.25, 0.3) is 0 Å². The molecule has 0 aromatic carbocycles. The van der Waals surface area contributed by atoms with E-state index in [0.717, 1.165) is 18.8 Å². The monoisotopic (exact) mass is 338 g/mol. The molecular formula is C23H46O. The first kappa shape index (κ1) is 23.7. The standard InChI is InChI=1S/C23H46O/c1-4-6-8-10-11-12-13-14-15-17-19-23(21-20-22(3)24)18-16-9-7-5-2/h23H,4-21H2,1-3H3. The second-order valence-electron chi connectivity index (χ2n) is 7.93. The van der Waals surface area contributed by atoms with E-state index in [-0.39, 0.29) is 0 Å². The molecule has 0 rings (SSSR count). The summed E-state index contributed by atoms with van der Waals surface area (Å²) in [5, 5.41) is 0. The van der Waals surface area contributed by atoms with Crippen LogP contribution >= 0.6 is 0 Å². The SMILES string of the molecule is CCCCCCCCCCCCC(CCCCCC)CCC(C)=O. The van der Waals surface area contributed by atoms with Gasteiger partial charge in [0.1, 0.15) is 5.78 Å². The van der Waals surface area contributed by atoms with Gasteiger partial charge >= 0.3 is 0 Å². The van der Waals surface area contributed by atoms with Gasteiger partial charge in [-0.15, -0.1) is 0 Å². The van der Waals surface area contributed by atoms with Gasteiger partial charge in [0, 0.05) is 6.42 Å². The van der Waals surface area contributed by atoms with Crippen molar-refractivity contribution in [1.82, 2.24) is 0 Å². The highest BCUT2D eigenvalue weighted by molar-refractivity contribution is 5.75. The molecule has 0 aromatic heterocycles. The fourth-order valence-electron chi connectivity index (χ4n) is 3.62. The third kappa shape index (κ3) is 18.0. The minimum Gasteiger partial charge on any atom is -0.300 e. The van der Waals surface area contributed by atoms with Gasteiger partial charge in [0.15, 0.2) is 0 Å². The van der Waals surface area contributed by atoms with E-state index in [4.69, 9.17) is 0 Å². The highest BCUT2D eigenvalue weighted by Crippen LogP contribution is 2.23. The lowest BCUT2D eigenvalue weighted by Crippen LogP contribution is -2.04. The molecule has 24 heavy (non-hydrogen) atoms. The molecule has 1 heteroatoms. The first-order chi connectivity index (χ1) is 11.7. The lowest BCUT2D eigenvalue weighted by molar-refractivity contribution is -0.117. The van der Waals surface area contributed by atoms with Crippen molar-refractivity contribution in [3.63, 3.8) is 0 Å². The van der Waals surface area contributed by atoms with Crippen LogP contribution in [0.3, 0.4) is 0 Å². The van der Waals surface area contributed by atoms with E-state index >= 15 is 0 Å². The van der Waals surface area contributed by atoms with Crippen molar-refractivity contribution in [2.45, 2.75) is 136 Å². The summed E-state index contributed by atoms with van der Waals surface area (Å²) in [6, 6.07) is 0. The van der Waals surface area contributed by atoms with Crippen LogP contribution in [-0.4, -0.2) is 5.78 Å². The first-order valence-corrected chi connectivity index (χ1v) is 11.2. The molecule has 0 spiro atoms. The number of hydrogen-bond acceptors (Lipinski definition) is 1. The lowest BCUT2D eigenvalue weighted by Gasteiger charge is -2.16. The summed E-state index contributed by atoms with van der Waals surface area (Å²) in [7, 11) is 0. The Hall–Kier alpha value is -0.330. The Balaban J connectivity index is 3.59. The van der Waals surface area contributed by atoms with E-state index in [1.165, 1.54) is 103 Å². The fourth-order valence-corrected chi connectivity index (χ4v) is 3.62. The van der Waals surface area contributed by atoms with Crippen LogP contribution in [0.25, 0.3) is 0 Å². The molecule has 0 aromatic rings. The summed E-state index contributed by atoms with van der Waals surface area (Å²) in [6.07, 6.45) is 24.3. The lowest BCUT2D eigenvalue weighted by atomic mass is 9.90. The van der Waals surface area contributed by atoms with Crippen LogP contribution in [0.15, 0.2) is 0 Å². The molecule has 0 aliphatic heterocycles. The number of hydrogen-bond donors (Lipinski definition) is 0. The van der Waals surface area contributed by atoms with E-state index in [0.29, 0.717) is 5.78 Å². The third-order valence-corrected chi connectivity index (χ3v) is 5.34. The molecule has 1 unspecified atom stereocenters. The van der Waals surface area contributed by atoms with E-state index in [2.05, 4.69) is 13.8 Å². The van der Waals surface area contributed by atoms with Crippen LogP contribution < -0.4 is 0 Å². The summed E-state index contributed by atoms with van der Waals surface area (Å²) in [5.74, 6) is 1.18. The number of Topliss-reactive ketones (excluding diaryl/α,β-unsaturated/α-hetero) is 1. The molecule has 1 atom stereocenters. The normalized spacial score (nSPS) is 12.5. The van der Waals surface area contributed by atoms with Crippen LogP contribution in [0.1, 0.15) is 136 Å². The zero-order chi connectivity index (χ0) is 17.9. The Kier molecular flexibility index (Phi) is 18.7. The second kappa shape index (κ2) is 19.0. The molecule has 0 fully saturated rings. The van der Waals surface area contributed by atoms with Crippen molar-refractivity contribution in [2.75, 3.05) is 0 Å². The minimum absolute atomic E-state index is 0.372. The summed E-state index contributed by atoms with van der Waals surface area (Å²) in [6.45, 7) is 6.30. The molecule has 0 amide bonds. The van der Waals surface area contributed by atoms with Gasteiger partial charge in [-0.1, -0.05) is 117 Å². The smallest absolute Gasteiger partial charge is 0.129 e. The summed E-state index contributed by atoms with van der Waals surface area (Å²) in [5.41, 5.74) is 0. The topological polar surface area (TPSA) is 17.1 Å². The average Bonchev–Trinajstić information content (AvgIpc) is 2.57. The quantitative estimate of drug-likeness (QED) is 0.217. The molecule has 144 valence electrons. The molecule has 0 bridgehead atoms. The molecular weight excluding hydrogens is 292 g/mol. The van der Waals surface area contributed by atoms with Crippen LogP contribution in [-0.2, 0) is 4.79 Å². The average molecular weight is 339 g/mol. The number of carbonyl (C=O) groups is 1. The fraction of sp³-hybridized carbons (Fsp3) is 0.957. The summed E-state index contributed by atoms with van der Waals surface area (Å²) < 4.78 is 0. The van der Waals surface area contributed by atoms with Crippen molar-refractivity contribution >= 4 is 5.78 Å². The third-order valence-electron chi connectivity index (χ3n) is 5.34. The van der Waals surface area contributed by atoms with Gasteiger partial charge in [0.05, 0.1) is 0 Å². The van der Waals surface area contributed by atoms with Gasteiger partial charge in [-0.05, 0) is 19.3 Å². The van der Waals surface area contributed by atoms with Crippen molar-refractivity contribution in [1.29, 1.82) is 0 Å². The van der Waals surface area contributed by atoms with Gasteiger partial charge in [0.2, 0.25) is 0 Å². The van der Waals surface area contributed by atoms with Gasteiger partial charge in [-0.3, -0.25) is 0 Å². The van der Waals surface area contributed by atoms with Crippen molar-refractivity contribution in [3.8, 4) is 0 Å². The highest BCUT2D eigenvalue weighted by Gasteiger charge is 2.09.